The third-order valence-corrected chi connectivity index (χ3v) is 7.88. The first-order valence-electron chi connectivity index (χ1n) is 11.2. The van der Waals surface area contributed by atoms with Crippen LogP contribution in [-0.2, 0) is 21.4 Å². The third-order valence-electron chi connectivity index (χ3n) is 5.88. The van der Waals surface area contributed by atoms with E-state index in [9.17, 15) is 26.8 Å². The van der Waals surface area contributed by atoms with Crippen LogP contribution < -0.4 is 15.2 Å². The third kappa shape index (κ3) is 6.90. The van der Waals surface area contributed by atoms with Gasteiger partial charge in [0.25, 0.3) is 5.91 Å². The molecule has 9 nitrogen and oxygen atoms in total. The van der Waals surface area contributed by atoms with Crippen LogP contribution in [0.3, 0.4) is 0 Å². The minimum atomic E-state index is -4.01. The fraction of sp³-hybridized carbons (Fsp3) is 0.391. The summed E-state index contributed by atoms with van der Waals surface area (Å²) in [4.78, 5) is 27.1. The van der Waals surface area contributed by atoms with E-state index in [4.69, 9.17) is 11.6 Å². The molecule has 1 heterocycles. The number of anilines is 1. The number of piperazine rings is 1. The van der Waals surface area contributed by atoms with E-state index in [1.807, 2.05) is 4.90 Å². The number of hydrogen-bond donors (Lipinski definition) is 2. The molecule has 1 aliphatic rings. The van der Waals surface area contributed by atoms with Gasteiger partial charge in [0.05, 0.1) is 23.0 Å². The summed E-state index contributed by atoms with van der Waals surface area (Å²) in [5.41, 5.74) is 4.94. The van der Waals surface area contributed by atoms with Gasteiger partial charge in [-0.15, -0.1) is 0 Å². The van der Waals surface area contributed by atoms with Crippen LogP contribution in [0.5, 0.6) is 0 Å². The van der Waals surface area contributed by atoms with Crippen LogP contribution in [0.2, 0.25) is 5.02 Å². The highest BCUT2D eigenvalue weighted by atomic mass is 35.5. The molecule has 3 rings (SSSR count). The number of benzene rings is 2. The van der Waals surface area contributed by atoms with Crippen molar-refractivity contribution < 1.29 is 26.8 Å². The second-order valence-corrected chi connectivity index (χ2v) is 10.7. The van der Waals surface area contributed by atoms with Crippen LogP contribution in [0.15, 0.2) is 36.4 Å². The monoisotopic (exact) mass is 543 g/mol. The van der Waals surface area contributed by atoms with Crippen molar-refractivity contribution in [1.29, 1.82) is 0 Å². The molecular weight excluding hydrogens is 516 g/mol. The number of carbonyl (C=O) groups is 2. The topological polar surface area (TPSA) is 102 Å². The number of hydrogen-bond acceptors (Lipinski definition) is 6. The first-order chi connectivity index (χ1) is 17.0. The maximum Gasteiger partial charge on any atom is 0.265 e. The van der Waals surface area contributed by atoms with Crippen molar-refractivity contribution >= 4 is 39.1 Å². The number of amides is 2. The molecule has 0 aliphatic carbocycles. The van der Waals surface area contributed by atoms with Crippen molar-refractivity contribution in [3.63, 3.8) is 0 Å². The van der Waals surface area contributed by atoms with Gasteiger partial charge in [0.2, 0.25) is 15.9 Å². The zero-order valence-corrected chi connectivity index (χ0v) is 21.5. The molecule has 0 unspecified atom stereocenters. The quantitative estimate of drug-likeness (QED) is 0.469. The summed E-state index contributed by atoms with van der Waals surface area (Å²) in [5.74, 6) is -2.35. The van der Waals surface area contributed by atoms with Gasteiger partial charge in [-0.3, -0.25) is 24.2 Å². The molecule has 2 aromatic rings. The van der Waals surface area contributed by atoms with Gasteiger partial charge in [0.1, 0.15) is 11.6 Å². The Bertz CT molecular complexity index is 1220. The lowest BCUT2D eigenvalue weighted by atomic mass is 10.1. The average molecular weight is 544 g/mol. The molecule has 1 aliphatic heterocycles. The van der Waals surface area contributed by atoms with Crippen LogP contribution in [0.4, 0.5) is 14.5 Å². The molecule has 0 aromatic heterocycles. The van der Waals surface area contributed by atoms with Crippen molar-refractivity contribution in [2.45, 2.75) is 13.5 Å². The molecule has 196 valence electrons. The number of nitrogens with one attached hydrogen (secondary N) is 2. The smallest absolute Gasteiger partial charge is 0.265 e. The van der Waals surface area contributed by atoms with Gasteiger partial charge in [-0.1, -0.05) is 17.7 Å². The standard InChI is InChI=1S/C23H28ClF2N5O4S/c1-16(32)30-9-7-29(8-10-30)11-12-36(34,35)31(19-5-6-21(25)20(24)14-19)15-18-4-3-17(13-22(18)26)23(33)28-27-2/h3-6,13-14,27H,7-12,15H2,1-2H3,(H,28,33). The van der Waals surface area contributed by atoms with Gasteiger partial charge in [-0.2, -0.15) is 0 Å². The Hall–Kier alpha value is -2.80. The van der Waals surface area contributed by atoms with Gasteiger partial charge in [0, 0.05) is 57.8 Å². The number of halogens is 3. The van der Waals surface area contributed by atoms with Crippen LogP contribution in [0, 0.1) is 11.6 Å². The molecule has 13 heteroatoms. The fourth-order valence-electron chi connectivity index (χ4n) is 3.79. The van der Waals surface area contributed by atoms with E-state index < -0.39 is 27.6 Å². The molecule has 1 fully saturated rings. The Morgan fingerprint density at radius 1 is 1.06 bits per heavy atom. The summed E-state index contributed by atoms with van der Waals surface area (Å²) in [6.45, 7) is 3.37. The minimum Gasteiger partial charge on any atom is -0.340 e. The molecule has 2 aromatic carbocycles. The minimum absolute atomic E-state index is 0.0232. The van der Waals surface area contributed by atoms with Gasteiger partial charge >= 0.3 is 0 Å². The van der Waals surface area contributed by atoms with E-state index in [1.165, 1.54) is 38.2 Å². The summed E-state index contributed by atoms with van der Waals surface area (Å²) in [7, 11) is -2.52. The van der Waals surface area contributed by atoms with Crippen molar-refractivity contribution in [3.05, 3.63) is 64.2 Å². The van der Waals surface area contributed by atoms with Gasteiger partial charge in [0.15, 0.2) is 0 Å². The summed E-state index contributed by atoms with van der Waals surface area (Å²) in [5, 5.41) is -0.271. The number of sulfonamides is 1. The van der Waals surface area contributed by atoms with E-state index in [1.54, 1.807) is 4.90 Å². The normalized spacial score (nSPS) is 14.5. The van der Waals surface area contributed by atoms with Crippen molar-refractivity contribution in [1.82, 2.24) is 20.7 Å². The lowest BCUT2D eigenvalue weighted by Crippen LogP contribution is -2.49. The predicted octanol–water partition coefficient (Wildman–Crippen LogP) is 1.98. The molecular formula is C23H28ClF2N5O4S. The Balaban J connectivity index is 1.83. The van der Waals surface area contributed by atoms with Crippen LogP contribution in [0.1, 0.15) is 22.8 Å². The SMILES string of the molecule is CNNC(=O)c1ccc(CN(c2ccc(F)c(Cl)c2)S(=O)(=O)CCN2CCN(C(C)=O)CC2)c(F)c1. The molecule has 0 saturated carbocycles. The summed E-state index contributed by atoms with van der Waals surface area (Å²) in [6.07, 6.45) is 0. The zero-order valence-electron chi connectivity index (χ0n) is 19.9. The first kappa shape index (κ1) is 27.8. The Morgan fingerprint density at radius 2 is 1.75 bits per heavy atom. The van der Waals surface area contributed by atoms with E-state index >= 15 is 0 Å². The molecule has 0 radical (unpaired) electrons. The highest BCUT2D eigenvalue weighted by Gasteiger charge is 2.27. The lowest BCUT2D eigenvalue weighted by molar-refractivity contribution is -0.130. The van der Waals surface area contributed by atoms with Crippen molar-refractivity contribution in [2.75, 3.05) is 49.8 Å². The van der Waals surface area contributed by atoms with Crippen molar-refractivity contribution in [3.8, 4) is 0 Å². The van der Waals surface area contributed by atoms with Crippen LogP contribution >= 0.6 is 11.6 Å². The van der Waals surface area contributed by atoms with Crippen LogP contribution in [-0.4, -0.2) is 75.6 Å². The maximum absolute atomic E-state index is 14.9. The highest BCUT2D eigenvalue weighted by molar-refractivity contribution is 7.92. The van der Waals surface area contributed by atoms with Gasteiger partial charge < -0.3 is 4.90 Å². The Morgan fingerprint density at radius 3 is 2.33 bits per heavy atom. The lowest BCUT2D eigenvalue weighted by Gasteiger charge is -2.34. The highest BCUT2D eigenvalue weighted by Crippen LogP contribution is 2.27. The second kappa shape index (κ2) is 12.0. The van der Waals surface area contributed by atoms with E-state index in [0.717, 1.165) is 16.4 Å². The molecule has 36 heavy (non-hydrogen) atoms. The average Bonchev–Trinajstić information content (AvgIpc) is 2.84. The number of nitrogens with zero attached hydrogens (tertiary/aromatic N) is 3. The fourth-order valence-corrected chi connectivity index (χ4v) is 5.44. The molecule has 0 spiro atoms. The van der Waals surface area contributed by atoms with Gasteiger partial charge in [-0.25, -0.2) is 22.6 Å². The first-order valence-corrected chi connectivity index (χ1v) is 13.2. The van der Waals surface area contributed by atoms with Gasteiger partial charge in [-0.05, 0) is 30.3 Å². The Kier molecular flexibility index (Phi) is 9.23. The molecule has 0 bridgehead atoms. The Labute approximate surface area is 214 Å². The molecule has 2 amide bonds. The number of carbonyl (C=O) groups excluding carboxylic acids is 2. The number of hydrazine groups is 1. The molecule has 2 N–H and O–H groups in total. The summed E-state index contributed by atoms with van der Waals surface area (Å²) >= 11 is 5.90. The molecule has 1 saturated heterocycles. The van der Waals surface area contributed by atoms with E-state index in [-0.39, 0.29) is 46.6 Å². The zero-order chi connectivity index (χ0) is 26.5. The maximum atomic E-state index is 14.9. The van der Waals surface area contributed by atoms with Crippen LogP contribution in [0.25, 0.3) is 0 Å². The molecule has 0 atom stereocenters. The van der Waals surface area contributed by atoms with E-state index in [2.05, 4.69) is 10.9 Å². The predicted molar refractivity (Wildman–Crippen MR) is 133 cm³/mol. The second-order valence-electron chi connectivity index (χ2n) is 8.28. The largest absolute Gasteiger partial charge is 0.340 e. The van der Waals surface area contributed by atoms with E-state index in [0.29, 0.717) is 26.2 Å². The summed E-state index contributed by atoms with van der Waals surface area (Å²) < 4.78 is 56.5. The van der Waals surface area contributed by atoms with Crippen molar-refractivity contribution in [2.24, 2.45) is 0 Å². The summed E-state index contributed by atoms with van der Waals surface area (Å²) in [6, 6.07) is 7.20. The number of rotatable bonds is 9.